The predicted molar refractivity (Wildman–Crippen MR) is 177 cm³/mol. The molecular formula is C38H50N4O2. The lowest BCUT2D eigenvalue weighted by atomic mass is 9.73. The van der Waals surface area contributed by atoms with Gasteiger partial charge in [0.15, 0.2) is 0 Å². The van der Waals surface area contributed by atoms with Crippen molar-refractivity contribution >= 4 is 5.91 Å². The maximum Gasteiger partial charge on any atom is 0.236 e. The molecule has 0 bridgehead atoms. The normalized spacial score (nSPS) is 20.7. The van der Waals surface area contributed by atoms with Crippen LogP contribution < -0.4 is 4.74 Å². The van der Waals surface area contributed by atoms with E-state index in [9.17, 15) is 4.79 Å². The molecule has 6 nitrogen and oxygen atoms in total. The van der Waals surface area contributed by atoms with Crippen molar-refractivity contribution in [2.24, 2.45) is 11.3 Å². The SMILES string of the molecule is O=C(CN1CCC(Cc2ccccc2)CC1)N1CCC2(CCCCc3ccccc3OCCN(Cc3ccncc3)C2)CC1. The summed E-state index contributed by atoms with van der Waals surface area (Å²) < 4.78 is 6.35. The Kier molecular flexibility index (Phi) is 10.6. The number of fused-ring (bicyclic) bond motifs is 1. The van der Waals surface area contributed by atoms with Gasteiger partial charge in [-0.05, 0) is 111 Å². The maximum atomic E-state index is 13.5. The molecule has 234 valence electrons. The van der Waals surface area contributed by atoms with Gasteiger partial charge in [0.05, 0.1) is 6.54 Å². The van der Waals surface area contributed by atoms with Gasteiger partial charge in [-0.3, -0.25) is 19.6 Å². The molecule has 2 saturated heterocycles. The number of piperidine rings is 2. The molecule has 1 spiro atoms. The molecule has 2 aromatic carbocycles. The zero-order valence-electron chi connectivity index (χ0n) is 26.4. The molecule has 2 fully saturated rings. The number of amides is 1. The highest BCUT2D eigenvalue weighted by Crippen LogP contribution is 2.39. The third-order valence-corrected chi connectivity index (χ3v) is 10.4. The quantitative estimate of drug-likeness (QED) is 0.338. The molecule has 6 heteroatoms. The lowest BCUT2D eigenvalue weighted by Gasteiger charge is -2.45. The molecule has 0 radical (unpaired) electrons. The number of ether oxygens (including phenoxy) is 1. The van der Waals surface area contributed by atoms with Crippen LogP contribution in [0.2, 0.25) is 0 Å². The first-order valence-electron chi connectivity index (χ1n) is 17.0. The summed E-state index contributed by atoms with van der Waals surface area (Å²) in [6.45, 7) is 7.95. The Labute approximate surface area is 264 Å². The molecule has 3 aliphatic rings. The summed E-state index contributed by atoms with van der Waals surface area (Å²) in [4.78, 5) is 24.9. The Morgan fingerprint density at radius 1 is 0.795 bits per heavy atom. The van der Waals surface area contributed by atoms with Gasteiger partial charge in [-0.25, -0.2) is 0 Å². The minimum atomic E-state index is 0.234. The van der Waals surface area contributed by atoms with E-state index >= 15 is 0 Å². The number of aromatic nitrogens is 1. The van der Waals surface area contributed by atoms with Crippen LogP contribution in [0, 0.1) is 11.3 Å². The molecule has 3 aromatic rings. The average Bonchev–Trinajstić information content (AvgIpc) is 3.05. The minimum absolute atomic E-state index is 0.234. The summed E-state index contributed by atoms with van der Waals surface area (Å²) in [5, 5.41) is 0. The molecule has 44 heavy (non-hydrogen) atoms. The van der Waals surface area contributed by atoms with E-state index in [1.54, 1.807) is 0 Å². The smallest absolute Gasteiger partial charge is 0.236 e. The molecule has 0 saturated carbocycles. The minimum Gasteiger partial charge on any atom is -0.492 e. The van der Waals surface area contributed by atoms with Crippen LogP contribution in [0.1, 0.15) is 61.6 Å². The summed E-state index contributed by atoms with van der Waals surface area (Å²) in [5.74, 6) is 2.10. The number of hydrogen-bond acceptors (Lipinski definition) is 5. The highest BCUT2D eigenvalue weighted by atomic mass is 16.5. The first kappa shape index (κ1) is 30.8. The average molecular weight is 595 g/mol. The third kappa shape index (κ3) is 8.48. The Hall–Kier alpha value is -3.22. The fourth-order valence-electron chi connectivity index (χ4n) is 7.69. The summed E-state index contributed by atoms with van der Waals surface area (Å²) in [6, 6.07) is 23.7. The number of para-hydroxylation sites is 1. The number of hydrogen-bond donors (Lipinski definition) is 0. The van der Waals surface area contributed by atoms with Crippen molar-refractivity contribution in [1.29, 1.82) is 0 Å². The van der Waals surface area contributed by atoms with Crippen LogP contribution in [-0.4, -0.2) is 78.0 Å². The van der Waals surface area contributed by atoms with Crippen molar-refractivity contribution < 1.29 is 9.53 Å². The number of pyridine rings is 1. The van der Waals surface area contributed by atoms with E-state index in [0.717, 1.165) is 83.2 Å². The standard InChI is InChI=1S/C38H50N4O2/c43-37(30-40-22-15-33(16-23-40)28-32-8-2-1-3-9-32)42-24-18-38(19-25-42)17-7-6-11-35-10-4-5-12-36(35)44-27-26-41(31-38)29-34-13-20-39-21-14-34/h1-5,8-10,12-14,20-21,33H,6-7,11,15-19,22-31H2. The van der Waals surface area contributed by atoms with Gasteiger partial charge in [-0.1, -0.05) is 55.0 Å². The van der Waals surface area contributed by atoms with E-state index < -0.39 is 0 Å². The number of rotatable bonds is 6. The number of likely N-dealkylation sites (tertiary alicyclic amines) is 2. The first-order chi connectivity index (χ1) is 21.6. The van der Waals surface area contributed by atoms with Gasteiger partial charge in [0.25, 0.3) is 0 Å². The van der Waals surface area contributed by atoms with Crippen molar-refractivity contribution in [3.63, 3.8) is 0 Å². The Balaban J connectivity index is 1.05. The topological polar surface area (TPSA) is 48.9 Å². The second-order valence-electron chi connectivity index (χ2n) is 13.5. The zero-order chi connectivity index (χ0) is 30.0. The lowest BCUT2D eigenvalue weighted by molar-refractivity contribution is -0.135. The van der Waals surface area contributed by atoms with E-state index in [2.05, 4.69) is 86.4 Å². The molecule has 3 aliphatic heterocycles. The van der Waals surface area contributed by atoms with Crippen molar-refractivity contribution in [2.45, 2.75) is 64.3 Å². The molecule has 1 amide bonds. The fourth-order valence-corrected chi connectivity index (χ4v) is 7.69. The molecular weight excluding hydrogens is 544 g/mol. The molecule has 0 aliphatic carbocycles. The van der Waals surface area contributed by atoms with E-state index in [-0.39, 0.29) is 5.41 Å². The van der Waals surface area contributed by atoms with Crippen molar-refractivity contribution in [1.82, 2.24) is 19.7 Å². The number of aryl methyl sites for hydroxylation is 1. The Morgan fingerprint density at radius 3 is 2.34 bits per heavy atom. The van der Waals surface area contributed by atoms with Crippen molar-refractivity contribution in [3.8, 4) is 5.75 Å². The first-order valence-corrected chi connectivity index (χ1v) is 17.0. The number of benzene rings is 2. The fraction of sp³-hybridized carbons (Fsp3) is 0.526. The van der Waals surface area contributed by atoms with Crippen LogP contribution in [0.5, 0.6) is 5.75 Å². The molecule has 1 aromatic heterocycles. The van der Waals surface area contributed by atoms with Crippen LogP contribution in [0.25, 0.3) is 0 Å². The van der Waals surface area contributed by atoms with E-state index in [1.807, 2.05) is 12.4 Å². The van der Waals surface area contributed by atoms with Crippen LogP contribution in [0.15, 0.2) is 79.1 Å². The third-order valence-electron chi connectivity index (χ3n) is 10.4. The molecule has 6 rings (SSSR count). The highest BCUT2D eigenvalue weighted by molar-refractivity contribution is 5.78. The molecule has 0 atom stereocenters. The Bertz CT molecular complexity index is 1300. The highest BCUT2D eigenvalue weighted by Gasteiger charge is 2.37. The van der Waals surface area contributed by atoms with Gasteiger partial charge >= 0.3 is 0 Å². The zero-order valence-corrected chi connectivity index (χ0v) is 26.4. The van der Waals surface area contributed by atoms with Crippen LogP contribution in [0.4, 0.5) is 0 Å². The second kappa shape index (κ2) is 15.2. The monoisotopic (exact) mass is 594 g/mol. The van der Waals surface area contributed by atoms with Gasteiger partial charge in [-0.2, -0.15) is 0 Å². The van der Waals surface area contributed by atoms with Crippen LogP contribution in [-0.2, 0) is 24.2 Å². The van der Waals surface area contributed by atoms with E-state index in [1.165, 1.54) is 48.8 Å². The predicted octanol–water partition coefficient (Wildman–Crippen LogP) is 6.25. The molecule has 0 N–H and O–H groups in total. The Morgan fingerprint density at radius 2 is 1.55 bits per heavy atom. The summed E-state index contributed by atoms with van der Waals surface area (Å²) in [6.07, 6.45) is 14.2. The summed E-state index contributed by atoms with van der Waals surface area (Å²) >= 11 is 0. The summed E-state index contributed by atoms with van der Waals surface area (Å²) in [7, 11) is 0. The lowest BCUT2D eigenvalue weighted by Crippen LogP contribution is -2.51. The van der Waals surface area contributed by atoms with E-state index in [4.69, 9.17) is 4.74 Å². The number of carbonyl (C=O) groups is 1. The van der Waals surface area contributed by atoms with Gasteiger partial charge in [-0.15, -0.1) is 0 Å². The van der Waals surface area contributed by atoms with Crippen molar-refractivity contribution in [3.05, 3.63) is 95.8 Å². The van der Waals surface area contributed by atoms with Gasteiger partial charge in [0.2, 0.25) is 5.91 Å². The molecule has 0 unspecified atom stereocenters. The second-order valence-corrected chi connectivity index (χ2v) is 13.5. The van der Waals surface area contributed by atoms with Crippen LogP contribution in [0.3, 0.4) is 0 Å². The van der Waals surface area contributed by atoms with Crippen molar-refractivity contribution in [2.75, 3.05) is 52.4 Å². The molecule has 4 heterocycles. The van der Waals surface area contributed by atoms with Gasteiger partial charge in [0, 0.05) is 45.1 Å². The van der Waals surface area contributed by atoms with Gasteiger partial charge in [0.1, 0.15) is 12.4 Å². The maximum absolute atomic E-state index is 13.5. The van der Waals surface area contributed by atoms with Gasteiger partial charge < -0.3 is 9.64 Å². The van der Waals surface area contributed by atoms with E-state index in [0.29, 0.717) is 19.1 Å². The van der Waals surface area contributed by atoms with Crippen LogP contribution >= 0.6 is 0 Å². The largest absolute Gasteiger partial charge is 0.492 e. The summed E-state index contributed by atoms with van der Waals surface area (Å²) in [5.41, 5.74) is 4.29. The number of nitrogens with zero attached hydrogens (tertiary/aromatic N) is 4. The number of carbonyl (C=O) groups excluding carboxylic acids is 1.